The second-order valence-electron chi connectivity index (χ2n) is 6.70. The van der Waals surface area contributed by atoms with E-state index in [2.05, 4.69) is 5.32 Å². The molecule has 0 saturated heterocycles. The summed E-state index contributed by atoms with van der Waals surface area (Å²) in [4.78, 5) is 12.5. The third-order valence-electron chi connectivity index (χ3n) is 5.03. The van der Waals surface area contributed by atoms with Crippen LogP contribution in [0.5, 0.6) is 5.75 Å². The van der Waals surface area contributed by atoms with Gasteiger partial charge in [0.25, 0.3) is 5.91 Å². The molecule has 1 aromatic rings. The normalized spacial score (nSPS) is 21.0. The minimum absolute atomic E-state index is 0.0378. The van der Waals surface area contributed by atoms with Crippen LogP contribution in [0.2, 0.25) is 0 Å². The Labute approximate surface area is 132 Å². The van der Waals surface area contributed by atoms with Gasteiger partial charge in [-0.15, -0.1) is 0 Å². The van der Waals surface area contributed by atoms with Crippen molar-refractivity contribution < 1.29 is 9.53 Å². The van der Waals surface area contributed by atoms with Gasteiger partial charge in [-0.2, -0.15) is 0 Å². The molecule has 2 saturated carbocycles. The van der Waals surface area contributed by atoms with Gasteiger partial charge in [-0.25, -0.2) is 0 Å². The van der Waals surface area contributed by atoms with E-state index in [0.29, 0.717) is 18.2 Å². The van der Waals surface area contributed by atoms with Gasteiger partial charge < -0.3 is 15.8 Å². The highest BCUT2D eigenvalue weighted by atomic mass is 16.5. The van der Waals surface area contributed by atoms with Crippen LogP contribution < -0.4 is 15.8 Å². The molecule has 0 aliphatic heterocycles. The number of benzene rings is 1. The summed E-state index contributed by atoms with van der Waals surface area (Å²) in [6.45, 7) is 0.511. The molecular weight excluding hydrogens is 276 g/mol. The molecule has 2 aliphatic rings. The molecule has 0 radical (unpaired) electrons. The monoisotopic (exact) mass is 302 g/mol. The standard InChI is InChI=1S/C18H26N2O2/c19-13-18(10-3-4-11-18)20-17(21)14-6-5-9-16(12-14)22-15-7-1-2-8-15/h5-6,9,12,15H,1-4,7-8,10-11,13,19H2,(H,20,21). The molecule has 0 atom stereocenters. The van der Waals surface area contributed by atoms with Crippen molar-refractivity contribution in [2.24, 2.45) is 5.73 Å². The molecule has 22 heavy (non-hydrogen) atoms. The van der Waals surface area contributed by atoms with Gasteiger partial charge in [-0.3, -0.25) is 4.79 Å². The fourth-order valence-corrected chi connectivity index (χ4v) is 3.65. The Morgan fingerprint density at radius 3 is 2.64 bits per heavy atom. The van der Waals surface area contributed by atoms with Gasteiger partial charge in [0.2, 0.25) is 0 Å². The first kappa shape index (κ1) is 15.3. The molecular formula is C18H26N2O2. The summed E-state index contributed by atoms with van der Waals surface area (Å²) in [5.41, 5.74) is 6.35. The molecule has 3 N–H and O–H groups in total. The summed E-state index contributed by atoms with van der Waals surface area (Å²) in [6, 6.07) is 7.52. The van der Waals surface area contributed by atoms with Gasteiger partial charge in [0.15, 0.2) is 0 Å². The fraction of sp³-hybridized carbons (Fsp3) is 0.611. The number of hydrogen-bond donors (Lipinski definition) is 2. The molecule has 3 rings (SSSR count). The summed E-state index contributed by atoms with van der Waals surface area (Å²) in [5, 5.41) is 3.16. The number of ether oxygens (including phenoxy) is 1. The van der Waals surface area contributed by atoms with E-state index in [0.717, 1.165) is 44.3 Å². The largest absolute Gasteiger partial charge is 0.490 e. The average Bonchev–Trinajstić information content (AvgIpc) is 3.20. The highest BCUT2D eigenvalue weighted by molar-refractivity contribution is 5.95. The number of carbonyl (C=O) groups is 1. The van der Waals surface area contributed by atoms with Gasteiger partial charge in [0.05, 0.1) is 11.6 Å². The molecule has 4 nitrogen and oxygen atoms in total. The van der Waals surface area contributed by atoms with Crippen LogP contribution in [0, 0.1) is 0 Å². The second-order valence-corrected chi connectivity index (χ2v) is 6.70. The Morgan fingerprint density at radius 1 is 1.23 bits per heavy atom. The Bertz CT molecular complexity index is 518. The number of hydrogen-bond acceptors (Lipinski definition) is 3. The molecule has 0 spiro atoms. The van der Waals surface area contributed by atoms with E-state index in [1.165, 1.54) is 12.8 Å². The third-order valence-corrected chi connectivity index (χ3v) is 5.03. The van der Waals surface area contributed by atoms with Crippen LogP contribution in [0.25, 0.3) is 0 Å². The van der Waals surface area contributed by atoms with E-state index in [1.807, 2.05) is 24.3 Å². The highest BCUT2D eigenvalue weighted by Crippen LogP contribution is 2.29. The Kier molecular flexibility index (Phi) is 4.67. The van der Waals surface area contributed by atoms with Crippen molar-refractivity contribution in [3.63, 3.8) is 0 Å². The topological polar surface area (TPSA) is 64.3 Å². The molecule has 0 aromatic heterocycles. The predicted molar refractivity (Wildman–Crippen MR) is 87.0 cm³/mol. The summed E-state index contributed by atoms with van der Waals surface area (Å²) in [7, 11) is 0. The van der Waals surface area contributed by atoms with Gasteiger partial charge in [0, 0.05) is 12.1 Å². The quantitative estimate of drug-likeness (QED) is 0.879. The van der Waals surface area contributed by atoms with Crippen molar-refractivity contribution in [1.29, 1.82) is 0 Å². The van der Waals surface area contributed by atoms with E-state index >= 15 is 0 Å². The van der Waals surface area contributed by atoms with Crippen LogP contribution >= 0.6 is 0 Å². The predicted octanol–water partition coefficient (Wildman–Crippen LogP) is 3.01. The summed E-state index contributed by atoms with van der Waals surface area (Å²) < 4.78 is 5.98. The first-order chi connectivity index (χ1) is 10.7. The van der Waals surface area contributed by atoms with Gasteiger partial charge >= 0.3 is 0 Å². The van der Waals surface area contributed by atoms with Crippen molar-refractivity contribution in [3.05, 3.63) is 29.8 Å². The molecule has 0 unspecified atom stereocenters. The summed E-state index contributed by atoms with van der Waals surface area (Å²) in [5.74, 6) is 0.761. The molecule has 2 fully saturated rings. The third kappa shape index (κ3) is 3.43. The van der Waals surface area contributed by atoms with Crippen molar-refractivity contribution in [2.75, 3.05) is 6.54 Å². The first-order valence-electron chi connectivity index (χ1n) is 8.50. The van der Waals surface area contributed by atoms with E-state index in [4.69, 9.17) is 10.5 Å². The smallest absolute Gasteiger partial charge is 0.251 e. The second kappa shape index (κ2) is 6.69. The van der Waals surface area contributed by atoms with Crippen LogP contribution in [-0.2, 0) is 0 Å². The summed E-state index contributed by atoms with van der Waals surface area (Å²) in [6.07, 6.45) is 9.27. The maximum Gasteiger partial charge on any atom is 0.251 e. The van der Waals surface area contributed by atoms with Crippen molar-refractivity contribution in [2.45, 2.75) is 63.0 Å². The SMILES string of the molecule is NCC1(NC(=O)c2cccc(OC3CCCC3)c2)CCCC1. The Hall–Kier alpha value is -1.55. The van der Waals surface area contributed by atoms with E-state index in [-0.39, 0.29) is 11.4 Å². The molecule has 120 valence electrons. The lowest BCUT2D eigenvalue weighted by molar-refractivity contribution is 0.0902. The zero-order valence-corrected chi connectivity index (χ0v) is 13.1. The van der Waals surface area contributed by atoms with E-state index in [9.17, 15) is 4.79 Å². The van der Waals surface area contributed by atoms with Crippen LogP contribution in [0.4, 0.5) is 0 Å². The fourth-order valence-electron chi connectivity index (χ4n) is 3.65. The molecule has 4 heteroatoms. The van der Waals surface area contributed by atoms with Crippen molar-refractivity contribution >= 4 is 5.91 Å². The van der Waals surface area contributed by atoms with Gasteiger partial charge in [-0.1, -0.05) is 18.9 Å². The maximum absolute atomic E-state index is 12.5. The van der Waals surface area contributed by atoms with Gasteiger partial charge in [-0.05, 0) is 56.7 Å². The van der Waals surface area contributed by atoms with Crippen molar-refractivity contribution in [3.8, 4) is 5.75 Å². The lowest BCUT2D eigenvalue weighted by Gasteiger charge is -2.28. The van der Waals surface area contributed by atoms with E-state index < -0.39 is 0 Å². The molecule has 0 heterocycles. The number of amides is 1. The number of nitrogens with two attached hydrogens (primary N) is 1. The van der Waals surface area contributed by atoms with E-state index in [1.54, 1.807) is 0 Å². The van der Waals surface area contributed by atoms with Crippen LogP contribution in [0.3, 0.4) is 0 Å². The maximum atomic E-state index is 12.5. The molecule has 1 aromatic carbocycles. The molecule has 0 bridgehead atoms. The number of carbonyl (C=O) groups excluding carboxylic acids is 1. The van der Waals surface area contributed by atoms with Crippen molar-refractivity contribution in [1.82, 2.24) is 5.32 Å². The lowest BCUT2D eigenvalue weighted by Crippen LogP contribution is -2.51. The minimum Gasteiger partial charge on any atom is -0.490 e. The highest BCUT2D eigenvalue weighted by Gasteiger charge is 2.34. The Morgan fingerprint density at radius 2 is 1.95 bits per heavy atom. The van der Waals surface area contributed by atoms with Crippen LogP contribution in [0.1, 0.15) is 61.7 Å². The van der Waals surface area contributed by atoms with Crippen LogP contribution in [0.15, 0.2) is 24.3 Å². The molecule has 2 aliphatic carbocycles. The zero-order chi connectivity index (χ0) is 15.4. The Balaban J connectivity index is 1.66. The molecule has 1 amide bonds. The van der Waals surface area contributed by atoms with Crippen LogP contribution in [-0.4, -0.2) is 24.1 Å². The van der Waals surface area contributed by atoms with Gasteiger partial charge in [0.1, 0.15) is 5.75 Å². The number of nitrogens with one attached hydrogen (secondary N) is 1. The first-order valence-corrected chi connectivity index (χ1v) is 8.50. The zero-order valence-electron chi connectivity index (χ0n) is 13.1. The number of rotatable bonds is 5. The minimum atomic E-state index is -0.209. The summed E-state index contributed by atoms with van der Waals surface area (Å²) >= 11 is 0. The average molecular weight is 302 g/mol. The lowest BCUT2D eigenvalue weighted by atomic mass is 9.97.